The molecule has 1 aromatic carbocycles. The van der Waals surface area contributed by atoms with Crippen molar-refractivity contribution < 1.29 is 9.53 Å². The van der Waals surface area contributed by atoms with E-state index in [2.05, 4.69) is 73.6 Å². The molecule has 4 aliphatic rings. The van der Waals surface area contributed by atoms with E-state index >= 15 is 0 Å². The monoisotopic (exact) mass is 649 g/mol. The van der Waals surface area contributed by atoms with Gasteiger partial charge in [0.15, 0.2) is 0 Å². The molecule has 9 atom stereocenters. The molecule has 4 N–H and O–H groups in total. The maximum absolute atomic E-state index is 12.9. The summed E-state index contributed by atoms with van der Waals surface area (Å²) in [6.07, 6.45) is 22.6. The summed E-state index contributed by atoms with van der Waals surface area (Å²) in [6.45, 7) is 22.9. The summed E-state index contributed by atoms with van der Waals surface area (Å²) in [7, 11) is 0. The lowest BCUT2D eigenvalue weighted by Crippen LogP contribution is -2.52. The van der Waals surface area contributed by atoms with Gasteiger partial charge in [-0.05, 0) is 136 Å². The van der Waals surface area contributed by atoms with Crippen molar-refractivity contribution in [2.45, 2.75) is 152 Å². The van der Waals surface area contributed by atoms with Crippen molar-refractivity contribution >= 4 is 17.3 Å². The van der Waals surface area contributed by atoms with Gasteiger partial charge in [0.1, 0.15) is 6.10 Å². The van der Waals surface area contributed by atoms with E-state index in [0.29, 0.717) is 33.7 Å². The van der Waals surface area contributed by atoms with Crippen LogP contribution in [-0.4, -0.2) is 12.1 Å². The van der Waals surface area contributed by atoms with Crippen molar-refractivity contribution in [3.63, 3.8) is 0 Å². The molecule has 0 spiro atoms. The topological polar surface area (TPSA) is 78.3 Å². The van der Waals surface area contributed by atoms with Crippen LogP contribution in [0.5, 0.6) is 0 Å². The van der Waals surface area contributed by atoms with Crippen LogP contribution >= 0.6 is 0 Å². The second-order valence-corrected chi connectivity index (χ2v) is 16.6. The normalized spacial score (nSPS) is 32.7. The molecule has 5 rings (SSSR count). The number of hydrogen-bond acceptors (Lipinski definition) is 4. The third-order valence-electron chi connectivity index (χ3n) is 12.6. The number of carbonyl (C=O) groups excluding carboxylic acids is 1. The van der Waals surface area contributed by atoms with Crippen LogP contribution < -0.4 is 11.5 Å². The van der Waals surface area contributed by atoms with Gasteiger partial charge < -0.3 is 16.2 Å². The van der Waals surface area contributed by atoms with Crippen molar-refractivity contribution in [2.24, 2.45) is 52.3 Å². The Hall–Kier alpha value is -2.23. The average Bonchev–Trinajstić information content (AvgIpc) is 3.38. The molecule has 0 aliphatic heterocycles. The molecule has 47 heavy (non-hydrogen) atoms. The SMILES string of the molecule is CC.CC(C)CCCC(C)C1CCC2C3C=CC4CC(OC(=O)c5cc(N)cc(N)c5)CCC4(C)C3CCC12C.CCCC=C(C)C. The Morgan fingerprint density at radius 2 is 1.55 bits per heavy atom. The molecule has 4 aliphatic carbocycles. The first-order valence-corrected chi connectivity index (χ1v) is 19.5. The molecule has 0 aromatic heterocycles. The van der Waals surface area contributed by atoms with Gasteiger partial charge in [0.2, 0.25) is 0 Å². The van der Waals surface area contributed by atoms with E-state index < -0.39 is 0 Å². The number of anilines is 2. The fraction of sp³-hybridized carbons (Fsp3) is 0.744. The van der Waals surface area contributed by atoms with E-state index in [9.17, 15) is 4.79 Å². The predicted molar refractivity (Wildman–Crippen MR) is 203 cm³/mol. The quantitative estimate of drug-likeness (QED) is 0.159. The van der Waals surface area contributed by atoms with E-state index in [1.54, 1.807) is 18.2 Å². The van der Waals surface area contributed by atoms with Gasteiger partial charge >= 0.3 is 5.97 Å². The fourth-order valence-corrected chi connectivity index (χ4v) is 10.2. The molecular weight excluding hydrogens is 576 g/mol. The third-order valence-corrected chi connectivity index (χ3v) is 12.6. The molecule has 0 heterocycles. The van der Waals surface area contributed by atoms with E-state index in [-0.39, 0.29) is 12.1 Å². The van der Waals surface area contributed by atoms with Gasteiger partial charge in [-0.2, -0.15) is 0 Å². The van der Waals surface area contributed by atoms with Crippen LogP contribution in [0.25, 0.3) is 0 Å². The number of esters is 1. The highest BCUT2D eigenvalue weighted by molar-refractivity contribution is 5.91. The zero-order chi connectivity index (χ0) is 34.9. The van der Waals surface area contributed by atoms with Crippen LogP contribution in [0.2, 0.25) is 0 Å². The maximum Gasteiger partial charge on any atom is 0.338 e. The summed E-state index contributed by atoms with van der Waals surface area (Å²) in [5.74, 6) is 5.04. The maximum atomic E-state index is 12.9. The minimum absolute atomic E-state index is 0.0409. The highest BCUT2D eigenvalue weighted by Gasteiger charge is 2.59. The summed E-state index contributed by atoms with van der Waals surface area (Å²) < 4.78 is 6.01. The van der Waals surface area contributed by atoms with Gasteiger partial charge in [0.05, 0.1) is 5.56 Å². The number of rotatable bonds is 9. The summed E-state index contributed by atoms with van der Waals surface area (Å²) >= 11 is 0. The summed E-state index contributed by atoms with van der Waals surface area (Å²) in [5.41, 5.74) is 15.5. The average molecular weight is 649 g/mol. The number of nitrogen functional groups attached to an aromatic ring is 2. The lowest BCUT2D eigenvalue weighted by Gasteiger charge is -2.59. The van der Waals surface area contributed by atoms with Crippen LogP contribution in [0.1, 0.15) is 157 Å². The molecular formula is C43H72N2O2. The number of fused-ring (bicyclic) bond motifs is 5. The van der Waals surface area contributed by atoms with Crippen LogP contribution in [-0.2, 0) is 4.74 Å². The van der Waals surface area contributed by atoms with Crippen LogP contribution in [0.4, 0.5) is 11.4 Å². The molecule has 4 nitrogen and oxygen atoms in total. The van der Waals surface area contributed by atoms with Gasteiger partial charge in [-0.15, -0.1) is 0 Å². The van der Waals surface area contributed by atoms with E-state index in [1.165, 1.54) is 63.4 Å². The summed E-state index contributed by atoms with van der Waals surface area (Å²) in [4.78, 5) is 12.9. The van der Waals surface area contributed by atoms with Crippen molar-refractivity contribution in [1.29, 1.82) is 0 Å². The van der Waals surface area contributed by atoms with Crippen molar-refractivity contribution in [3.05, 3.63) is 47.6 Å². The fourth-order valence-electron chi connectivity index (χ4n) is 10.2. The molecule has 0 amide bonds. The molecule has 4 heteroatoms. The van der Waals surface area contributed by atoms with E-state index in [4.69, 9.17) is 16.2 Å². The lowest BCUT2D eigenvalue weighted by molar-refractivity contribution is -0.0844. The minimum Gasteiger partial charge on any atom is -0.459 e. The zero-order valence-corrected chi connectivity index (χ0v) is 32.0. The van der Waals surface area contributed by atoms with Crippen molar-refractivity contribution in [2.75, 3.05) is 11.5 Å². The highest BCUT2D eigenvalue weighted by Crippen LogP contribution is 2.67. The van der Waals surface area contributed by atoms with Crippen molar-refractivity contribution in [3.8, 4) is 0 Å². The highest BCUT2D eigenvalue weighted by atomic mass is 16.5. The Bertz CT molecular complexity index is 1180. The Balaban J connectivity index is 0.000000593. The Kier molecular flexibility index (Phi) is 14.5. The van der Waals surface area contributed by atoms with E-state index in [1.807, 2.05) is 13.8 Å². The Labute approximate surface area is 289 Å². The van der Waals surface area contributed by atoms with Gasteiger partial charge in [-0.25, -0.2) is 4.79 Å². The molecule has 0 saturated heterocycles. The molecule has 3 fully saturated rings. The Morgan fingerprint density at radius 1 is 0.915 bits per heavy atom. The van der Waals surface area contributed by atoms with Crippen LogP contribution in [0.15, 0.2) is 42.0 Å². The molecule has 9 unspecified atom stereocenters. The van der Waals surface area contributed by atoms with Gasteiger partial charge in [-0.1, -0.05) is 105 Å². The smallest absolute Gasteiger partial charge is 0.338 e. The van der Waals surface area contributed by atoms with Gasteiger partial charge in [0, 0.05) is 11.4 Å². The number of hydrogen-bond donors (Lipinski definition) is 2. The van der Waals surface area contributed by atoms with Gasteiger partial charge in [0.25, 0.3) is 0 Å². The number of allylic oxidation sites excluding steroid dienone is 4. The number of unbranched alkanes of at least 4 members (excludes halogenated alkanes) is 1. The molecule has 3 saturated carbocycles. The second-order valence-electron chi connectivity index (χ2n) is 16.6. The van der Waals surface area contributed by atoms with Crippen molar-refractivity contribution in [1.82, 2.24) is 0 Å². The predicted octanol–water partition coefficient (Wildman–Crippen LogP) is 12.1. The second kappa shape index (κ2) is 17.4. The molecule has 0 bridgehead atoms. The number of benzene rings is 1. The first kappa shape index (κ1) is 39.2. The van der Waals surface area contributed by atoms with Crippen LogP contribution in [0.3, 0.4) is 0 Å². The lowest BCUT2D eigenvalue weighted by atomic mass is 9.46. The molecule has 0 radical (unpaired) electrons. The van der Waals surface area contributed by atoms with Gasteiger partial charge in [-0.3, -0.25) is 0 Å². The first-order chi connectivity index (χ1) is 22.3. The zero-order valence-electron chi connectivity index (χ0n) is 32.0. The Morgan fingerprint density at radius 3 is 2.15 bits per heavy atom. The van der Waals surface area contributed by atoms with Crippen LogP contribution in [0, 0.1) is 52.3 Å². The molecule has 266 valence electrons. The molecule has 1 aromatic rings. The standard InChI is InChI=1S/C34H52N2O2.C7H14.C2H6/c1-21(2)7-6-8-22(3)29-11-12-30-28-10-9-24-19-27(38-32(37)23-17-25(35)20-26(36)18-23)13-15-33(24,4)31(28)14-16-34(29,30)5;1-4-5-6-7(2)3;1-2/h9-10,17-18,20-22,24,27-31H,6-8,11-16,19,35-36H2,1-5H3;6H,4-5H2,1-3H3;1-2H3. The number of nitrogens with two attached hydrogens (primary N) is 2. The minimum atomic E-state index is -0.303. The largest absolute Gasteiger partial charge is 0.459 e. The summed E-state index contributed by atoms with van der Waals surface area (Å²) in [5, 5.41) is 0. The number of carbonyl (C=O) groups is 1. The number of ether oxygens (including phenoxy) is 1. The first-order valence-electron chi connectivity index (χ1n) is 19.5. The third kappa shape index (κ3) is 9.48. The van der Waals surface area contributed by atoms with E-state index in [0.717, 1.165) is 54.8 Å². The summed E-state index contributed by atoms with van der Waals surface area (Å²) in [6, 6.07) is 4.99.